The molecule has 0 spiro atoms. The monoisotopic (exact) mass is 229 g/mol. The summed E-state index contributed by atoms with van der Waals surface area (Å²) in [4.78, 5) is 11.2. The van der Waals surface area contributed by atoms with Gasteiger partial charge in [0.2, 0.25) is 0 Å². The van der Waals surface area contributed by atoms with Crippen molar-refractivity contribution in [1.82, 2.24) is 5.48 Å². The van der Waals surface area contributed by atoms with Gasteiger partial charge in [0.1, 0.15) is 0 Å². The Morgan fingerprint density at radius 1 is 1.40 bits per heavy atom. The number of carbonyl (C=O) groups excluding carboxylic acids is 1. The van der Waals surface area contributed by atoms with Crippen LogP contribution in [-0.4, -0.2) is 25.8 Å². The van der Waals surface area contributed by atoms with E-state index in [0.29, 0.717) is 5.56 Å². The molecule has 1 amide bonds. The molecule has 0 bridgehead atoms. The van der Waals surface area contributed by atoms with E-state index >= 15 is 0 Å². The molecule has 0 aliphatic heterocycles. The molecule has 5 nitrogen and oxygen atoms in total. The van der Waals surface area contributed by atoms with Crippen molar-refractivity contribution in [1.29, 1.82) is 0 Å². The lowest BCUT2D eigenvalue weighted by molar-refractivity contribution is 0.0705. The lowest BCUT2D eigenvalue weighted by Gasteiger charge is -2.05. The van der Waals surface area contributed by atoms with Crippen LogP contribution in [0.1, 0.15) is 15.9 Å². The van der Waals surface area contributed by atoms with Crippen LogP contribution in [0.25, 0.3) is 0 Å². The molecule has 0 saturated carbocycles. The van der Waals surface area contributed by atoms with E-state index in [9.17, 15) is 13.2 Å². The number of carbonyl (C=O) groups is 1. The molecule has 0 radical (unpaired) electrons. The number of benzene rings is 1. The Morgan fingerprint density at radius 3 is 2.53 bits per heavy atom. The number of nitrogens with one attached hydrogen (secondary N) is 1. The van der Waals surface area contributed by atoms with Crippen molar-refractivity contribution < 1.29 is 18.4 Å². The first-order chi connectivity index (χ1) is 6.94. The van der Waals surface area contributed by atoms with Crippen LogP contribution in [0.5, 0.6) is 0 Å². The number of rotatable bonds is 3. The predicted molar refractivity (Wildman–Crippen MR) is 54.2 cm³/mol. The number of sulfone groups is 1. The highest BCUT2D eigenvalue weighted by Gasteiger charge is 2.13. The van der Waals surface area contributed by atoms with Gasteiger partial charge in [0.15, 0.2) is 9.84 Å². The minimum Gasteiger partial charge on any atom is -0.288 e. The number of hydrogen-bond donors (Lipinski definition) is 2. The predicted octanol–water partition coefficient (Wildman–Crippen LogP) is 0.350. The minimum absolute atomic E-state index is 0.158. The molecule has 0 aliphatic rings. The largest absolute Gasteiger partial charge is 0.288 e. The van der Waals surface area contributed by atoms with Crippen molar-refractivity contribution in [2.75, 3.05) is 6.26 Å². The second kappa shape index (κ2) is 4.41. The van der Waals surface area contributed by atoms with Crippen molar-refractivity contribution in [3.63, 3.8) is 0 Å². The Bertz CT molecular complexity index is 467. The topological polar surface area (TPSA) is 83.5 Å². The average molecular weight is 229 g/mol. The first kappa shape index (κ1) is 11.7. The molecule has 82 valence electrons. The molecular weight excluding hydrogens is 218 g/mol. The van der Waals surface area contributed by atoms with Gasteiger partial charge in [-0.15, -0.1) is 0 Å². The van der Waals surface area contributed by atoms with Crippen LogP contribution in [0.15, 0.2) is 24.3 Å². The molecule has 0 aliphatic carbocycles. The van der Waals surface area contributed by atoms with Crippen LogP contribution in [0.2, 0.25) is 0 Å². The summed E-state index contributed by atoms with van der Waals surface area (Å²) in [6, 6.07) is 6.21. The molecule has 15 heavy (non-hydrogen) atoms. The van der Waals surface area contributed by atoms with Crippen molar-refractivity contribution >= 4 is 15.7 Å². The molecule has 0 atom stereocenters. The van der Waals surface area contributed by atoms with Gasteiger partial charge < -0.3 is 0 Å². The van der Waals surface area contributed by atoms with Crippen molar-refractivity contribution in [3.05, 3.63) is 35.4 Å². The highest BCUT2D eigenvalue weighted by molar-refractivity contribution is 7.89. The normalized spacial score (nSPS) is 11.1. The third kappa shape index (κ3) is 3.34. The molecule has 1 rings (SSSR count). The van der Waals surface area contributed by atoms with E-state index < -0.39 is 15.7 Å². The van der Waals surface area contributed by atoms with Crippen LogP contribution in [0.3, 0.4) is 0 Å². The molecule has 2 N–H and O–H groups in total. The highest BCUT2D eigenvalue weighted by Crippen LogP contribution is 2.11. The maximum Gasteiger partial charge on any atom is 0.274 e. The van der Waals surface area contributed by atoms with E-state index in [1.807, 2.05) is 0 Å². The molecular formula is C9H11NO4S. The maximum atomic E-state index is 11.2. The zero-order chi connectivity index (χ0) is 11.5. The van der Waals surface area contributed by atoms with E-state index in [0.717, 1.165) is 6.26 Å². The second-order valence-corrected chi connectivity index (χ2v) is 5.31. The first-order valence-electron chi connectivity index (χ1n) is 4.14. The quantitative estimate of drug-likeness (QED) is 0.578. The molecule has 0 saturated heterocycles. The van der Waals surface area contributed by atoms with Crippen molar-refractivity contribution in [2.24, 2.45) is 0 Å². The molecule has 0 aromatic heterocycles. The maximum absolute atomic E-state index is 11.2. The van der Waals surface area contributed by atoms with Gasteiger partial charge in [0.05, 0.1) is 5.75 Å². The number of hydrogen-bond acceptors (Lipinski definition) is 4. The van der Waals surface area contributed by atoms with Crippen molar-refractivity contribution in [2.45, 2.75) is 5.75 Å². The summed E-state index contributed by atoms with van der Waals surface area (Å²) >= 11 is 0. The molecule has 0 unspecified atom stereocenters. The molecule has 0 fully saturated rings. The summed E-state index contributed by atoms with van der Waals surface area (Å²) in [7, 11) is -3.20. The standard InChI is InChI=1S/C9H11NO4S/c1-15(13,14)6-7-4-2-3-5-8(7)9(11)10-12/h2-5,12H,6H2,1H3,(H,10,11). The minimum atomic E-state index is -3.20. The van der Waals surface area contributed by atoms with Gasteiger partial charge >= 0.3 is 0 Å². The molecule has 0 heterocycles. The van der Waals surface area contributed by atoms with Gasteiger partial charge in [-0.2, -0.15) is 0 Å². The Kier molecular flexibility index (Phi) is 3.43. The summed E-state index contributed by atoms with van der Waals surface area (Å²) in [5, 5.41) is 8.46. The second-order valence-electron chi connectivity index (χ2n) is 3.17. The van der Waals surface area contributed by atoms with Gasteiger partial charge in [0.25, 0.3) is 5.91 Å². The van der Waals surface area contributed by atoms with Gasteiger partial charge in [-0.3, -0.25) is 10.0 Å². The summed E-state index contributed by atoms with van der Waals surface area (Å²) in [6.45, 7) is 0. The van der Waals surface area contributed by atoms with E-state index in [-0.39, 0.29) is 11.3 Å². The van der Waals surface area contributed by atoms with Gasteiger partial charge in [0, 0.05) is 11.8 Å². The zero-order valence-electron chi connectivity index (χ0n) is 8.10. The fraction of sp³-hybridized carbons (Fsp3) is 0.222. The SMILES string of the molecule is CS(=O)(=O)Cc1ccccc1C(=O)NO. The van der Waals surface area contributed by atoms with Gasteiger partial charge in [-0.05, 0) is 11.6 Å². The fourth-order valence-corrected chi connectivity index (χ4v) is 2.03. The third-order valence-corrected chi connectivity index (χ3v) is 2.62. The molecule has 6 heteroatoms. The summed E-state index contributed by atoms with van der Waals surface area (Å²) in [5.74, 6) is -0.939. The summed E-state index contributed by atoms with van der Waals surface area (Å²) in [5.41, 5.74) is 2.00. The number of hydroxylamine groups is 1. The lowest BCUT2D eigenvalue weighted by Crippen LogP contribution is -2.21. The Morgan fingerprint density at radius 2 is 2.00 bits per heavy atom. The fourth-order valence-electron chi connectivity index (χ4n) is 1.21. The average Bonchev–Trinajstić information content (AvgIpc) is 2.15. The van der Waals surface area contributed by atoms with Crippen LogP contribution >= 0.6 is 0 Å². The van der Waals surface area contributed by atoms with Gasteiger partial charge in [-0.25, -0.2) is 13.9 Å². The van der Waals surface area contributed by atoms with Crippen molar-refractivity contribution in [3.8, 4) is 0 Å². The lowest BCUT2D eigenvalue weighted by atomic mass is 10.1. The molecule has 1 aromatic carbocycles. The Hall–Kier alpha value is -1.40. The summed E-state index contributed by atoms with van der Waals surface area (Å²) in [6.07, 6.45) is 1.08. The van der Waals surface area contributed by atoms with Crippen LogP contribution in [-0.2, 0) is 15.6 Å². The number of amides is 1. The Labute approximate surface area is 87.6 Å². The van der Waals surface area contributed by atoms with Gasteiger partial charge in [-0.1, -0.05) is 18.2 Å². The zero-order valence-corrected chi connectivity index (χ0v) is 8.91. The first-order valence-corrected chi connectivity index (χ1v) is 6.20. The van der Waals surface area contributed by atoms with Crippen LogP contribution in [0, 0.1) is 0 Å². The highest BCUT2D eigenvalue weighted by atomic mass is 32.2. The van der Waals surface area contributed by atoms with Crippen LogP contribution in [0.4, 0.5) is 0 Å². The Balaban J connectivity index is 3.13. The molecule has 1 aromatic rings. The summed E-state index contributed by atoms with van der Waals surface area (Å²) < 4.78 is 22.1. The van der Waals surface area contributed by atoms with E-state index in [1.165, 1.54) is 17.6 Å². The van der Waals surface area contributed by atoms with E-state index in [4.69, 9.17) is 5.21 Å². The van der Waals surface area contributed by atoms with E-state index in [1.54, 1.807) is 12.1 Å². The third-order valence-electron chi connectivity index (χ3n) is 1.78. The van der Waals surface area contributed by atoms with Crippen LogP contribution < -0.4 is 5.48 Å². The smallest absolute Gasteiger partial charge is 0.274 e. The van der Waals surface area contributed by atoms with E-state index in [2.05, 4.69) is 0 Å².